The van der Waals surface area contributed by atoms with Crippen molar-refractivity contribution in [2.45, 2.75) is 20.8 Å². The van der Waals surface area contributed by atoms with Crippen molar-refractivity contribution in [3.63, 3.8) is 0 Å². The Morgan fingerprint density at radius 1 is 1.29 bits per heavy atom. The maximum absolute atomic E-state index is 12.6. The number of halogens is 1. The molecule has 28 heavy (non-hydrogen) atoms. The van der Waals surface area contributed by atoms with Crippen LogP contribution in [0.3, 0.4) is 0 Å². The predicted octanol–water partition coefficient (Wildman–Crippen LogP) is 4.63. The van der Waals surface area contributed by atoms with Gasteiger partial charge in [-0.05, 0) is 50.1 Å². The van der Waals surface area contributed by atoms with Crippen molar-refractivity contribution in [1.29, 1.82) is 5.26 Å². The number of hydrogen-bond donors (Lipinski definition) is 1. The van der Waals surface area contributed by atoms with Crippen molar-refractivity contribution in [1.82, 2.24) is 0 Å². The number of ketones is 1. The minimum absolute atomic E-state index is 0.120. The van der Waals surface area contributed by atoms with E-state index in [1.807, 2.05) is 6.07 Å². The largest absolute Gasteiger partial charge is 0.462 e. The Bertz CT molecular complexity index is 1000. The van der Waals surface area contributed by atoms with Crippen LogP contribution in [0.15, 0.2) is 29.8 Å². The number of ether oxygens (including phenoxy) is 1. The second-order valence-electron chi connectivity index (χ2n) is 5.71. The highest BCUT2D eigenvalue weighted by molar-refractivity contribution is 7.18. The second-order valence-corrected chi connectivity index (χ2v) is 7.17. The molecule has 0 saturated carbocycles. The number of hydrogen-bond acceptors (Lipinski definition) is 6. The number of benzene rings is 1. The lowest BCUT2D eigenvalue weighted by Gasteiger charge is -2.06. The zero-order valence-corrected chi connectivity index (χ0v) is 17.0. The molecule has 2 rings (SSSR count). The van der Waals surface area contributed by atoms with Gasteiger partial charge in [-0.2, -0.15) is 5.26 Å². The first-order valence-electron chi connectivity index (χ1n) is 8.28. The van der Waals surface area contributed by atoms with E-state index in [1.54, 1.807) is 38.1 Å². The van der Waals surface area contributed by atoms with Crippen molar-refractivity contribution < 1.29 is 19.1 Å². The van der Waals surface area contributed by atoms with E-state index in [1.165, 1.54) is 13.0 Å². The molecule has 0 fully saturated rings. The highest BCUT2D eigenvalue weighted by atomic mass is 35.5. The summed E-state index contributed by atoms with van der Waals surface area (Å²) in [5.41, 5.74) is 1.02. The number of anilines is 1. The molecule has 0 aliphatic rings. The number of carbonyl (C=O) groups excluding carboxylic acids is 3. The van der Waals surface area contributed by atoms with E-state index in [0.717, 1.165) is 11.3 Å². The normalized spacial score (nSPS) is 10.9. The molecule has 1 aromatic carbocycles. The first-order chi connectivity index (χ1) is 13.3. The molecular weight excluding hydrogens is 400 g/mol. The van der Waals surface area contributed by atoms with E-state index in [4.69, 9.17) is 16.3 Å². The summed E-state index contributed by atoms with van der Waals surface area (Å²) in [7, 11) is 0. The average Bonchev–Trinajstić information content (AvgIpc) is 2.97. The van der Waals surface area contributed by atoms with Gasteiger partial charge >= 0.3 is 5.97 Å². The Balaban J connectivity index is 2.40. The summed E-state index contributed by atoms with van der Waals surface area (Å²) >= 11 is 6.81. The molecule has 0 spiro atoms. The number of nitrogens with one attached hydrogen (secondary N) is 1. The Morgan fingerprint density at radius 3 is 2.46 bits per heavy atom. The minimum atomic E-state index is -0.695. The SMILES string of the molecule is CCOC(=O)c1c(NC(=O)/C(C#N)=C/c2ccc(Cl)cc2)sc(C(C)=O)c1C. The van der Waals surface area contributed by atoms with Crippen molar-refractivity contribution in [3.05, 3.63) is 56.4 Å². The van der Waals surface area contributed by atoms with Crippen LogP contribution in [0, 0.1) is 18.3 Å². The third kappa shape index (κ3) is 4.85. The van der Waals surface area contributed by atoms with Crippen LogP contribution in [-0.4, -0.2) is 24.3 Å². The molecule has 1 heterocycles. The lowest BCUT2D eigenvalue weighted by atomic mass is 10.1. The Morgan fingerprint density at radius 2 is 1.93 bits per heavy atom. The second kappa shape index (κ2) is 9.31. The molecule has 0 saturated heterocycles. The van der Waals surface area contributed by atoms with E-state index in [9.17, 15) is 19.6 Å². The first-order valence-corrected chi connectivity index (χ1v) is 9.48. The molecule has 1 aromatic heterocycles. The Kier molecular flexibility index (Phi) is 7.10. The predicted molar refractivity (Wildman–Crippen MR) is 109 cm³/mol. The number of amides is 1. The van der Waals surface area contributed by atoms with Gasteiger partial charge in [-0.3, -0.25) is 9.59 Å². The molecule has 6 nitrogen and oxygen atoms in total. The fraction of sp³-hybridized carbons (Fsp3) is 0.200. The van der Waals surface area contributed by atoms with E-state index in [-0.39, 0.29) is 28.5 Å². The number of nitrogens with zero attached hydrogens (tertiary/aromatic N) is 1. The number of thiophene rings is 1. The van der Waals surface area contributed by atoms with Crippen LogP contribution >= 0.6 is 22.9 Å². The maximum atomic E-state index is 12.6. The minimum Gasteiger partial charge on any atom is -0.462 e. The molecule has 0 aliphatic heterocycles. The summed E-state index contributed by atoms with van der Waals surface area (Å²) in [5.74, 6) is -1.57. The Labute approximate surface area is 171 Å². The molecule has 2 aromatic rings. The van der Waals surface area contributed by atoms with Crippen LogP contribution < -0.4 is 5.32 Å². The smallest absolute Gasteiger partial charge is 0.341 e. The van der Waals surface area contributed by atoms with Gasteiger partial charge in [0.05, 0.1) is 17.0 Å². The van der Waals surface area contributed by atoms with Crippen molar-refractivity contribution in [2.75, 3.05) is 11.9 Å². The van der Waals surface area contributed by atoms with Crippen LogP contribution in [0.5, 0.6) is 0 Å². The highest BCUT2D eigenvalue weighted by Crippen LogP contribution is 2.34. The summed E-state index contributed by atoms with van der Waals surface area (Å²) in [6.45, 7) is 4.80. The lowest BCUT2D eigenvalue weighted by Crippen LogP contribution is -2.16. The van der Waals surface area contributed by atoms with Gasteiger partial charge in [0.25, 0.3) is 5.91 Å². The number of carbonyl (C=O) groups is 3. The molecule has 1 amide bonds. The third-order valence-electron chi connectivity index (χ3n) is 3.72. The summed E-state index contributed by atoms with van der Waals surface area (Å²) in [6.07, 6.45) is 1.40. The fourth-order valence-electron chi connectivity index (χ4n) is 2.43. The van der Waals surface area contributed by atoms with Gasteiger partial charge in [0, 0.05) is 5.02 Å². The van der Waals surface area contributed by atoms with Crippen LogP contribution in [0.4, 0.5) is 5.00 Å². The van der Waals surface area contributed by atoms with Gasteiger partial charge in [0.1, 0.15) is 16.6 Å². The van der Waals surface area contributed by atoms with E-state index in [0.29, 0.717) is 21.0 Å². The summed E-state index contributed by atoms with van der Waals surface area (Å²) in [4.78, 5) is 37.0. The molecule has 0 atom stereocenters. The molecule has 1 N–H and O–H groups in total. The van der Waals surface area contributed by atoms with Crippen LogP contribution in [0.1, 0.15) is 45.0 Å². The standard InChI is InChI=1S/C20H17ClN2O4S/c1-4-27-20(26)16-11(2)17(12(3)24)28-19(16)23-18(25)14(10-22)9-13-5-7-15(21)8-6-13/h5-9H,4H2,1-3H3,(H,23,25)/b14-9+. The Hall–Kier alpha value is -2.95. The molecule has 144 valence electrons. The fourth-order valence-corrected chi connectivity index (χ4v) is 3.64. The number of esters is 1. The molecule has 0 bridgehead atoms. The number of rotatable bonds is 6. The van der Waals surface area contributed by atoms with Gasteiger partial charge in [0.15, 0.2) is 5.78 Å². The molecule has 0 aliphatic carbocycles. The quantitative estimate of drug-likeness (QED) is 0.320. The van der Waals surface area contributed by atoms with Crippen molar-refractivity contribution in [3.8, 4) is 6.07 Å². The third-order valence-corrected chi connectivity index (χ3v) is 5.28. The first kappa shape index (κ1) is 21.4. The maximum Gasteiger partial charge on any atom is 0.341 e. The van der Waals surface area contributed by atoms with E-state index in [2.05, 4.69) is 5.32 Å². The van der Waals surface area contributed by atoms with Crippen LogP contribution in [0.25, 0.3) is 6.08 Å². The van der Waals surface area contributed by atoms with E-state index >= 15 is 0 Å². The molecule has 0 radical (unpaired) electrons. The lowest BCUT2D eigenvalue weighted by molar-refractivity contribution is -0.112. The molecular formula is C20H17ClN2O4S. The monoisotopic (exact) mass is 416 g/mol. The van der Waals surface area contributed by atoms with Crippen molar-refractivity contribution >= 4 is 51.7 Å². The van der Waals surface area contributed by atoms with Gasteiger partial charge in [-0.25, -0.2) is 4.79 Å². The van der Waals surface area contributed by atoms with Crippen molar-refractivity contribution in [2.24, 2.45) is 0 Å². The van der Waals surface area contributed by atoms with Gasteiger partial charge in [0.2, 0.25) is 0 Å². The van der Waals surface area contributed by atoms with Gasteiger partial charge in [-0.15, -0.1) is 11.3 Å². The number of Topliss-reactive ketones (excluding diaryl/α,β-unsaturated/α-hetero) is 1. The van der Waals surface area contributed by atoms with Gasteiger partial charge in [-0.1, -0.05) is 23.7 Å². The van der Waals surface area contributed by atoms with Crippen LogP contribution in [-0.2, 0) is 9.53 Å². The number of nitriles is 1. The average molecular weight is 417 g/mol. The van der Waals surface area contributed by atoms with Gasteiger partial charge < -0.3 is 10.1 Å². The summed E-state index contributed by atoms with van der Waals surface area (Å²) < 4.78 is 5.03. The highest BCUT2D eigenvalue weighted by Gasteiger charge is 2.26. The topological polar surface area (TPSA) is 96.3 Å². The van der Waals surface area contributed by atoms with E-state index < -0.39 is 11.9 Å². The summed E-state index contributed by atoms with van der Waals surface area (Å²) in [5, 5.41) is 12.6. The summed E-state index contributed by atoms with van der Waals surface area (Å²) in [6, 6.07) is 8.45. The molecule has 8 heteroatoms. The molecule has 0 unspecified atom stereocenters. The van der Waals surface area contributed by atoms with Crippen LogP contribution in [0.2, 0.25) is 5.02 Å². The zero-order valence-electron chi connectivity index (χ0n) is 15.5. The zero-order chi connectivity index (χ0) is 20.8.